The van der Waals surface area contributed by atoms with Crippen LogP contribution >= 0.6 is 0 Å². The molecule has 1 saturated heterocycles. The fourth-order valence-corrected chi connectivity index (χ4v) is 3.32. The molecule has 1 atom stereocenters. The summed E-state index contributed by atoms with van der Waals surface area (Å²) in [4.78, 5) is 14.6. The van der Waals surface area contributed by atoms with Crippen molar-refractivity contribution >= 4 is 5.91 Å². The van der Waals surface area contributed by atoms with Gasteiger partial charge < -0.3 is 10.6 Å². The average Bonchev–Trinajstić information content (AvgIpc) is 3.26. The van der Waals surface area contributed by atoms with E-state index >= 15 is 0 Å². The summed E-state index contributed by atoms with van der Waals surface area (Å²) in [7, 11) is 0. The summed E-state index contributed by atoms with van der Waals surface area (Å²) in [6, 6.07) is 8.70. The minimum atomic E-state index is -0.0991. The second-order valence-corrected chi connectivity index (χ2v) is 7.09. The Morgan fingerprint density at radius 1 is 1.40 bits per heavy atom. The number of benzene rings is 1. The van der Waals surface area contributed by atoms with E-state index in [1.807, 2.05) is 16.9 Å². The molecule has 2 heterocycles. The van der Waals surface area contributed by atoms with Crippen molar-refractivity contribution in [2.24, 2.45) is 0 Å². The first kappa shape index (κ1) is 16.3. The largest absolute Gasteiger partial charge is 0.352 e. The van der Waals surface area contributed by atoms with E-state index in [0.29, 0.717) is 6.04 Å². The number of nitrogens with zero attached hydrogens (tertiary/aromatic N) is 3. The second-order valence-electron chi connectivity index (χ2n) is 7.09. The molecular formula is C19H25N5O. The number of rotatable bonds is 5. The highest BCUT2D eigenvalue weighted by Crippen LogP contribution is 2.20. The molecule has 1 aliphatic heterocycles. The van der Waals surface area contributed by atoms with Crippen LogP contribution in [-0.2, 0) is 11.3 Å². The highest BCUT2D eigenvalue weighted by Gasteiger charge is 2.30. The molecule has 25 heavy (non-hydrogen) atoms. The lowest BCUT2D eigenvalue weighted by atomic mass is 10.1. The maximum atomic E-state index is 12.3. The molecule has 6 nitrogen and oxygen atoms in total. The number of aromatic nitrogens is 2. The van der Waals surface area contributed by atoms with E-state index in [1.54, 1.807) is 6.20 Å². The van der Waals surface area contributed by atoms with Gasteiger partial charge >= 0.3 is 0 Å². The summed E-state index contributed by atoms with van der Waals surface area (Å²) in [5.41, 5.74) is 3.64. The summed E-state index contributed by atoms with van der Waals surface area (Å²) in [5, 5.41) is 10.7. The number of aryl methyl sites for hydroxylation is 1. The van der Waals surface area contributed by atoms with Gasteiger partial charge in [-0.25, -0.2) is 4.68 Å². The molecular weight excluding hydrogens is 314 g/mol. The van der Waals surface area contributed by atoms with E-state index in [2.05, 4.69) is 45.8 Å². The second kappa shape index (κ2) is 6.98. The first-order chi connectivity index (χ1) is 12.2. The van der Waals surface area contributed by atoms with E-state index in [0.717, 1.165) is 44.7 Å². The van der Waals surface area contributed by atoms with Crippen molar-refractivity contribution in [3.05, 3.63) is 47.8 Å². The van der Waals surface area contributed by atoms with E-state index in [4.69, 9.17) is 0 Å². The van der Waals surface area contributed by atoms with Crippen molar-refractivity contribution in [2.75, 3.05) is 19.6 Å². The monoisotopic (exact) mass is 339 g/mol. The molecule has 1 saturated carbocycles. The Kier molecular flexibility index (Phi) is 4.55. The van der Waals surface area contributed by atoms with Gasteiger partial charge in [0.05, 0.1) is 11.7 Å². The van der Waals surface area contributed by atoms with Crippen LogP contribution in [0.4, 0.5) is 0 Å². The van der Waals surface area contributed by atoms with Gasteiger partial charge in [-0.05, 0) is 49.1 Å². The molecule has 2 fully saturated rings. The van der Waals surface area contributed by atoms with Gasteiger partial charge in [-0.2, -0.15) is 5.10 Å². The number of hydrogen-bond acceptors (Lipinski definition) is 4. The van der Waals surface area contributed by atoms with Crippen LogP contribution in [-0.4, -0.2) is 52.3 Å². The topological polar surface area (TPSA) is 62.2 Å². The number of amides is 1. The third kappa shape index (κ3) is 3.91. The van der Waals surface area contributed by atoms with Crippen LogP contribution in [0.15, 0.2) is 36.7 Å². The van der Waals surface area contributed by atoms with Gasteiger partial charge in [-0.15, -0.1) is 0 Å². The van der Waals surface area contributed by atoms with Gasteiger partial charge in [0, 0.05) is 44.6 Å². The summed E-state index contributed by atoms with van der Waals surface area (Å²) >= 11 is 0. The Labute approximate surface area is 148 Å². The summed E-state index contributed by atoms with van der Waals surface area (Å²) in [6.45, 7) is 5.60. The Balaban J connectivity index is 1.40. The van der Waals surface area contributed by atoms with Gasteiger partial charge in [-0.3, -0.25) is 9.69 Å². The smallest absolute Gasteiger partial charge is 0.238 e. The van der Waals surface area contributed by atoms with Gasteiger partial charge in [0.15, 0.2) is 0 Å². The molecule has 6 heteroatoms. The van der Waals surface area contributed by atoms with Gasteiger partial charge in [0.25, 0.3) is 0 Å². The first-order valence-electron chi connectivity index (χ1n) is 9.05. The molecule has 0 bridgehead atoms. The zero-order chi connectivity index (χ0) is 17.2. The minimum absolute atomic E-state index is 0.0991. The lowest BCUT2D eigenvalue weighted by Gasteiger charge is -2.33. The molecule has 2 N–H and O–H groups in total. The number of carbonyl (C=O) groups is 1. The van der Waals surface area contributed by atoms with Gasteiger partial charge in [0.2, 0.25) is 5.91 Å². The molecule has 132 valence electrons. The molecule has 4 rings (SSSR count). The van der Waals surface area contributed by atoms with Crippen molar-refractivity contribution in [2.45, 2.75) is 38.4 Å². The highest BCUT2D eigenvalue weighted by atomic mass is 16.2. The molecule has 1 unspecified atom stereocenters. The fraction of sp³-hybridized carbons (Fsp3) is 0.474. The van der Waals surface area contributed by atoms with Gasteiger partial charge in [0.1, 0.15) is 0 Å². The van der Waals surface area contributed by atoms with E-state index in [-0.39, 0.29) is 11.9 Å². The third-order valence-electron chi connectivity index (χ3n) is 4.99. The van der Waals surface area contributed by atoms with Crippen LogP contribution in [0.3, 0.4) is 0 Å². The van der Waals surface area contributed by atoms with Crippen LogP contribution in [0.25, 0.3) is 5.69 Å². The van der Waals surface area contributed by atoms with Crippen LogP contribution in [0.2, 0.25) is 0 Å². The van der Waals surface area contributed by atoms with Gasteiger partial charge in [-0.1, -0.05) is 6.07 Å². The predicted molar refractivity (Wildman–Crippen MR) is 96.5 cm³/mol. The molecule has 1 aliphatic carbocycles. The SMILES string of the molecule is Cc1cc(-n2cccn2)ccc1CN1CCNC(C(=O)NC2CC2)C1. The van der Waals surface area contributed by atoms with E-state index < -0.39 is 0 Å². The first-order valence-corrected chi connectivity index (χ1v) is 9.05. The quantitative estimate of drug-likeness (QED) is 0.860. The van der Waals surface area contributed by atoms with Crippen molar-refractivity contribution in [3.8, 4) is 5.69 Å². The van der Waals surface area contributed by atoms with Crippen LogP contribution < -0.4 is 10.6 Å². The molecule has 0 radical (unpaired) electrons. The van der Waals surface area contributed by atoms with Crippen molar-refractivity contribution < 1.29 is 4.79 Å². The maximum absolute atomic E-state index is 12.3. The predicted octanol–water partition coefficient (Wildman–Crippen LogP) is 1.23. The minimum Gasteiger partial charge on any atom is -0.352 e. The summed E-state index contributed by atoms with van der Waals surface area (Å²) in [6.07, 6.45) is 6.00. The lowest BCUT2D eigenvalue weighted by molar-refractivity contribution is -0.124. The zero-order valence-corrected chi connectivity index (χ0v) is 14.6. The number of piperazine rings is 1. The number of carbonyl (C=O) groups excluding carboxylic acids is 1. The maximum Gasteiger partial charge on any atom is 0.238 e. The molecule has 1 aromatic carbocycles. The molecule has 1 aromatic heterocycles. The molecule has 1 amide bonds. The lowest BCUT2D eigenvalue weighted by Crippen LogP contribution is -2.57. The Hall–Kier alpha value is -2.18. The Bertz CT molecular complexity index is 738. The van der Waals surface area contributed by atoms with Crippen LogP contribution in [0.1, 0.15) is 24.0 Å². The third-order valence-corrected chi connectivity index (χ3v) is 4.99. The molecule has 2 aliphatic rings. The Morgan fingerprint density at radius 2 is 2.28 bits per heavy atom. The zero-order valence-electron chi connectivity index (χ0n) is 14.6. The standard InChI is InChI=1S/C19H25N5O/c1-14-11-17(24-9-2-7-21-24)6-3-15(14)12-23-10-8-20-18(13-23)19(25)22-16-4-5-16/h2-3,6-7,9,11,16,18,20H,4-5,8,10,12-13H2,1H3,(H,22,25). The number of nitrogens with one attached hydrogen (secondary N) is 2. The Morgan fingerprint density at radius 3 is 3.00 bits per heavy atom. The van der Waals surface area contributed by atoms with E-state index in [1.165, 1.54) is 11.1 Å². The summed E-state index contributed by atoms with van der Waals surface area (Å²) < 4.78 is 1.87. The van der Waals surface area contributed by atoms with Crippen molar-refractivity contribution in [1.29, 1.82) is 0 Å². The molecule has 2 aromatic rings. The van der Waals surface area contributed by atoms with Crippen LogP contribution in [0.5, 0.6) is 0 Å². The highest BCUT2D eigenvalue weighted by molar-refractivity contribution is 5.82. The van der Waals surface area contributed by atoms with Crippen molar-refractivity contribution in [1.82, 2.24) is 25.3 Å². The molecule has 0 spiro atoms. The summed E-state index contributed by atoms with van der Waals surface area (Å²) in [5.74, 6) is 0.151. The normalized spacial score (nSPS) is 21.2. The fourth-order valence-electron chi connectivity index (χ4n) is 3.32. The van der Waals surface area contributed by atoms with E-state index in [9.17, 15) is 4.79 Å². The number of hydrogen-bond donors (Lipinski definition) is 2. The van der Waals surface area contributed by atoms with Crippen LogP contribution in [0, 0.1) is 6.92 Å². The average molecular weight is 339 g/mol. The van der Waals surface area contributed by atoms with Crippen molar-refractivity contribution in [3.63, 3.8) is 0 Å².